The fourth-order valence-corrected chi connectivity index (χ4v) is 0.993. The molecule has 0 radical (unpaired) electrons. The van der Waals surface area contributed by atoms with Gasteiger partial charge in [0.05, 0.1) is 0 Å². The first-order chi connectivity index (χ1) is 6.27. The maximum absolute atomic E-state index is 11.3. The zero-order valence-corrected chi connectivity index (χ0v) is 7.50. The summed E-state index contributed by atoms with van der Waals surface area (Å²) in [7, 11) is 0. The number of benzene rings is 1. The van der Waals surface area contributed by atoms with Crippen molar-refractivity contribution < 1.29 is 4.79 Å². The Morgan fingerprint density at radius 3 is 2.54 bits per heavy atom. The van der Waals surface area contributed by atoms with E-state index in [-0.39, 0.29) is 5.91 Å². The van der Waals surface area contributed by atoms with Crippen molar-refractivity contribution in [3.05, 3.63) is 35.4 Å². The second-order valence-electron chi connectivity index (χ2n) is 2.63. The van der Waals surface area contributed by atoms with Gasteiger partial charge in [-0.15, -0.1) is 0 Å². The van der Waals surface area contributed by atoms with E-state index in [1.807, 2.05) is 6.92 Å². The topological polar surface area (TPSA) is 53.0 Å². The molecule has 1 aromatic rings. The van der Waals surface area contributed by atoms with E-state index in [0.29, 0.717) is 12.1 Å². The molecular weight excluding hydrogens is 164 g/mol. The molecule has 0 spiro atoms. The number of hydrogen-bond acceptors (Lipinski definition) is 2. The Morgan fingerprint density at radius 1 is 1.46 bits per heavy atom. The quantitative estimate of drug-likeness (QED) is 0.672. The Labute approximate surface area is 77.3 Å². The van der Waals surface area contributed by atoms with Crippen LogP contribution in [0.15, 0.2) is 24.3 Å². The largest absolute Gasteiger partial charge is 0.352 e. The molecule has 0 heterocycles. The average Bonchev–Trinajstić information content (AvgIpc) is 2.18. The first-order valence-electron chi connectivity index (χ1n) is 4.16. The molecule has 1 aromatic carbocycles. The molecule has 3 nitrogen and oxygen atoms in total. The summed E-state index contributed by atoms with van der Waals surface area (Å²) < 4.78 is 0. The van der Waals surface area contributed by atoms with Crippen molar-refractivity contribution in [2.75, 3.05) is 6.54 Å². The summed E-state index contributed by atoms with van der Waals surface area (Å²) in [4.78, 5) is 11.3. The Hall–Kier alpha value is -1.64. The molecule has 0 fully saturated rings. The standard InChI is InChI=1S/C10H12N2O/c1-2-12-10(13)9-5-3-8(7-11)4-6-9/h3-7,11H,2H2,1H3,(H,12,13). The van der Waals surface area contributed by atoms with E-state index in [0.717, 1.165) is 5.56 Å². The van der Waals surface area contributed by atoms with Crippen molar-refractivity contribution in [2.24, 2.45) is 0 Å². The molecule has 0 unspecified atom stereocenters. The molecule has 68 valence electrons. The summed E-state index contributed by atoms with van der Waals surface area (Å²) in [6, 6.07) is 6.92. The molecular formula is C10H12N2O. The molecule has 13 heavy (non-hydrogen) atoms. The summed E-state index contributed by atoms with van der Waals surface area (Å²) in [5, 5.41) is 9.68. The van der Waals surface area contributed by atoms with Gasteiger partial charge in [0.15, 0.2) is 0 Å². The second-order valence-corrected chi connectivity index (χ2v) is 2.63. The van der Waals surface area contributed by atoms with Gasteiger partial charge in [-0.3, -0.25) is 4.79 Å². The fourth-order valence-electron chi connectivity index (χ4n) is 0.993. The van der Waals surface area contributed by atoms with E-state index < -0.39 is 0 Å². The first kappa shape index (κ1) is 9.45. The maximum atomic E-state index is 11.3. The smallest absolute Gasteiger partial charge is 0.251 e. The number of amides is 1. The first-order valence-corrected chi connectivity index (χ1v) is 4.16. The number of carbonyl (C=O) groups is 1. The second kappa shape index (κ2) is 4.40. The van der Waals surface area contributed by atoms with Gasteiger partial charge in [-0.2, -0.15) is 0 Å². The van der Waals surface area contributed by atoms with Crippen molar-refractivity contribution in [1.82, 2.24) is 5.32 Å². The highest BCUT2D eigenvalue weighted by atomic mass is 16.1. The van der Waals surface area contributed by atoms with Crippen LogP contribution in [0.1, 0.15) is 22.8 Å². The van der Waals surface area contributed by atoms with Gasteiger partial charge in [0, 0.05) is 18.3 Å². The third-order valence-electron chi connectivity index (χ3n) is 1.68. The third-order valence-corrected chi connectivity index (χ3v) is 1.68. The Bertz CT molecular complexity index is 303. The van der Waals surface area contributed by atoms with Gasteiger partial charge in [-0.05, 0) is 24.6 Å². The molecule has 1 amide bonds. The van der Waals surface area contributed by atoms with Crippen LogP contribution < -0.4 is 5.32 Å². The Balaban J connectivity index is 2.79. The van der Waals surface area contributed by atoms with Crippen molar-refractivity contribution in [3.8, 4) is 0 Å². The molecule has 0 bridgehead atoms. The zero-order chi connectivity index (χ0) is 9.68. The van der Waals surface area contributed by atoms with Crippen LogP contribution in [-0.4, -0.2) is 18.7 Å². The third kappa shape index (κ3) is 2.40. The van der Waals surface area contributed by atoms with Gasteiger partial charge in [-0.25, -0.2) is 0 Å². The lowest BCUT2D eigenvalue weighted by molar-refractivity contribution is 0.0956. The predicted molar refractivity (Wildman–Crippen MR) is 52.3 cm³/mol. The van der Waals surface area contributed by atoms with Gasteiger partial charge in [-0.1, -0.05) is 12.1 Å². The molecule has 1 rings (SSSR count). The molecule has 0 aliphatic heterocycles. The molecule has 2 N–H and O–H groups in total. The fraction of sp³-hybridized carbons (Fsp3) is 0.200. The van der Waals surface area contributed by atoms with Gasteiger partial charge in [0.2, 0.25) is 0 Å². The van der Waals surface area contributed by atoms with Crippen LogP contribution in [-0.2, 0) is 0 Å². The summed E-state index contributed by atoms with van der Waals surface area (Å²) >= 11 is 0. The summed E-state index contributed by atoms with van der Waals surface area (Å²) in [5.41, 5.74) is 1.43. The predicted octanol–water partition coefficient (Wildman–Crippen LogP) is 1.43. The minimum Gasteiger partial charge on any atom is -0.352 e. The van der Waals surface area contributed by atoms with Gasteiger partial charge < -0.3 is 10.7 Å². The normalized spacial score (nSPS) is 9.31. The van der Waals surface area contributed by atoms with Crippen molar-refractivity contribution >= 4 is 12.1 Å². The molecule has 0 saturated carbocycles. The van der Waals surface area contributed by atoms with Crippen LogP contribution in [0, 0.1) is 5.41 Å². The van der Waals surface area contributed by atoms with E-state index in [1.165, 1.54) is 6.21 Å². The van der Waals surface area contributed by atoms with E-state index in [1.54, 1.807) is 24.3 Å². The molecule has 0 saturated heterocycles. The molecule has 0 aliphatic carbocycles. The lowest BCUT2D eigenvalue weighted by Gasteiger charge is -2.01. The van der Waals surface area contributed by atoms with Crippen LogP contribution in [0.2, 0.25) is 0 Å². The highest BCUT2D eigenvalue weighted by Crippen LogP contribution is 2.01. The van der Waals surface area contributed by atoms with Crippen LogP contribution in [0.5, 0.6) is 0 Å². The van der Waals surface area contributed by atoms with Crippen LogP contribution in [0.4, 0.5) is 0 Å². The monoisotopic (exact) mass is 176 g/mol. The van der Waals surface area contributed by atoms with Crippen molar-refractivity contribution in [2.45, 2.75) is 6.92 Å². The van der Waals surface area contributed by atoms with Gasteiger partial charge in [0.1, 0.15) is 0 Å². The average molecular weight is 176 g/mol. The van der Waals surface area contributed by atoms with E-state index in [9.17, 15) is 4.79 Å². The molecule has 0 atom stereocenters. The minimum absolute atomic E-state index is 0.0703. The van der Waals surface area contributed by atoms with Crippen molar-refractivity contribution in [1.29, 1.82) is 5.41 Å². The summed E-state index contributed by atoms with van der Waals surface area (Å²) in [6.07, 6.45) is 1.25. The lowest BCUT2D eigenvalue weighted by Crippen LogP contribution is -2.22. The van der Waals surface area contributed by atoms with Crippen molar-refractivity contribution in [3.63, 3.8) is 0 Å². The SMILES string of the molecule is CCNC(=O)c1ccc(C=N)cc1. The zero-order valence-electron chi connectivity index (χ0n) is 7.50. The van der Waals surface area contributed by atoms with Crippen LogP contribution >= 0.6 is 0 Å². The van der Waals surface area contributed by atoms with Gasteiger partial charge in [0.25, 0.3) is 5.91 Å². The maximum Gasteiger partial charge on any atom is 0.251 e. The number of rotatable bonds is 3. The van der Waals surface area contributed by atoms with E-state index in [4.69, 9.17) is 5.41 Å². The Morgan fingerprint density at radius 2 is 2.08 bits per heavy atom. The number of hydrogen-bond donors (Lipinski definition) is 2. The number of carbonyl (C=O) groups excluding carboxylic acids is 1. The van der Waals surface area contributed by atoms with E-state index in [2.05, 4.69) is 5.32 Å². The number of nitrogens with one attached hydrogen (secondary N) is 2. The highest BCUT2D eigenvalue weighted by molar-refractivity contribution is 5.94. The Kier molecular flexibility index (Phi) is 3.20. The van der Waals surface area contributed by atoms with E-state index >= 15 is 0 Å². The van der Waals surface area contributed by atoms with Crippen LogP contribution in [0.3, 0.4) is 0 Å². The van der Waals surface area contributed by atoms with Crippen LogP contribution in [0.25, 0.3) is 0 Å². The lowest BCUT2D eigenvalue weighted by atomic mass is 10.1. The minimum atomic E-state index is -0.0703. The summed E-state index contributed by atoms with van der Waals surface area (Å²) in [6.45, 7) is 2.51. The molecule has 3 heteroatoms. The molecule has 0 aliphatic rings. The summed E-state index contributed by atoms with van der Waals surface area (Å²) in [5.74, 6) is -0.0703. The van der Waals surface area contributed by atoms with Gasteiger partial charge >= 0.3 is 0 Å². The molecule has 0 aromatic heterocycles. The highest BCUT2D eigenvalue weighted by Gasteiger charge is 2.01.